The predicted molar refractivity (Wildman–Crippen MR) is 68.7 cm³/mol. The van der Waals surface area contributed by atoms with E-state index < -0.39 is 6.09 Å². The molecule has 0 unspecified atom stereocenters. The Morgan fingerprint density at radius 2 is 1.33 bits per heavy atom. The van der Waals surface area contributed by atoms with Crippen LogP contribution in [0.1, 0.15) is 11.1 Å². The summed E-state index contributed by atoms with van der Waals surface area (Å²) < 4.78 is 0. The van der Waals surface area contributed by atoms with Gasteiger partial charge in [0.15, 0.2) is 0 Å². The first-order chi connectivity index (χ1) is 8.77. The van der Waals surface area contributed by atoms with Gasteiger partial charge in [-0.3, -0.25) is 0 Å². The maximum atomic E-state index is 10.6. The molecule has 1 aliphatic rings. The number of hydrazone groups is 1. The highest BCUT2D eigenvalue weighted by Gasteiger charge is 2.23. The van der Waals surface area contributed by atoms with Crippen molar-refractivity contribution in [1.82, 2.24) is 5.43 Å². The number of nitrogens with one attached hydrogen (secondary N) is 1. The van der Waals surface area contributed by atoms with E-state index in [4.69, 9.17) is 5.11 Å². The highest BCUT2D eigenvalue weighted by atomic mass is 16.4. The van der Waals surface area contributed by atoms with Gasteiger partial charge >= 0.3 is 6.09 Å². The van der Waals surface area contributed by atoms with Crippen molar-refractivity contribution >= 4 is 11.8 Å². The van der Waals surface area contributed by atoms with E-state index in [0.29, 0.717) is 5.71 Å². The molecule has 4 heteroatoms. The van der Waals surface area contributed by atoms with E-state index in [1.165, 1.54) is 0 Å². The molecule has 0 saturated heterocycles. The van der Waals surface area contributed by atoms with Crippen molar-refractivity contribution in [3.05, 3.63) is 59.7 Å². The molecule has 0 aromatic heterocycles. The molecule has 4 nitrogen and oxygen atoms in total. The predicted octanol–water partition coefficient (Wildman–Crippen LogP) is 2.69. The third-order valence-corrected chi connectivity index (χ3v) is 2.92. The van der Waals surface area contributed by atoms with Crippen molar-refractivity contribution in [3.63, 3.8) is 0 Å². The molecular formula is C14H10N2O2. The van der Waals surface area contributed by atoms with E-state index in [9.17, 15) is 4.79 Å². The minimum atomic E-state index is -1.16. The van der Waals surface area contributed by atoms with Crippen LogP contribution in [0.15, 0.2) is 53.6 Å². The van der Waals surface area contributed by atoms with E-state index >= 15 is 0 Å². The summed E-state index contributed by atoms with van der Waals surface area (Å²) in [5, 5.41) is 12.6. The average molecular weight is 238 g/mol. The normalized spacial score (nSPS) is 11.7. The third kappa shape index (κ3) is 1.55. The van der Waals surface area contributed by atoms with Crippen LogP contribution in [0.5, 0.6) is 0 Å². The average Bonchev–Trinajstić information content (AvgIpc) is 2.71. The van der Waals surface area contributed by atoms with Crippen molar-refractivity contribution in [2.24, 2.45) is 5.10 Å². The van der Waals surface area contributed by atoms with Crippen molar-refractivity contribution in [3.8, 4) is 11.1 Å². The van der Waals surface area contributed by atoms with E-state index in [-0.39, 0.29) is 0 Å². The van der Waals surface area contributed by atoms with Gasteiger partial charge in [0.05, 0.1) is 5.71 Å². The van der Waals surface area contributed by atoms with Crippen LogP contribution in [-0.4, -0.2) is 16.9 Å². The topological polar surface area (TPSA) is 61.7 Å². The van der Waals surface area contributed by atoms with Crippen molar-refractivity contribution in [1.29, 1.82) is 0 Å². The Morgan fingerprint density at radius 3 is 1.78 bits per heavy atom. The van der Waals surface area contributed by atoms with Crippen molar-refractivity contribution < 1.29 is 9.90 Å². The largest absolute Gasteiger partial charge is 0.464 e. The van der Waals surface area contributed by atoms with E-state index in [2.05, 4.69) is 10.5 Å². The zero-order valence-corrected chi connectivity index (χ0v) is 9.42. The second kappa shape index (κ2) is 4.00. The first kappa shape index (κ1) is 10.5. The number of hydrogen-bond donors (Lipinski definition) is 2. The van der Waals surface area contributed by atoms with Gasteiger partial charge < -0.3 is 5.11 Å². The van der Waals surface area contributed by atoms with Crippen LogP contribution in [-0.2, 0) is 0 Å². The molecule has 2 N–H and O–H groups in total. The number of hydrogen-bond acceptors (Lipinski definition) is 2. The summed E-state index contributed by atoms with van der Waals surface area (Å²) in [4.78, 5) is 10.6. The zero-order chi connectivity index (χ0) is 12.5. The van der Waals surface area contributed by atoms with Crippen LogP contribution in [0.25, 0.3) is 11.1 Å². The standard InChI is InChI=1S/C14H10N2O2/c17-14(18)16-15-13-11-7-3-1-5-9(11)10-6-2-4-8-12(10)13/h1-8,16H,(H,17,18). The monoisotopic (exact) mass is 238 g/mol. The lowest BCUT2D eigenvalue weighted by Crippen LogP contribution is -2.16. The number of carboxylic acid groups (broad SMARTS) is 1. The van der Waals surface area contributed by atoms with Gasteiger partial charge in [0.25, 0.3) is 0 Å². The highest BCUT2D eigenvalue weighted by Crippen LogP contribution is 2.36. The number of rotatable bonds is 1. The number of amides is 1. The van der Waals surface area contributed by atoms with E-state index in [1.54, 1.807) is 0 Å². The molecule has 0 saturated carbocycles. The maximum Gasteiger partial charge on any atom is 0.425 e. The Labute approximate surface area is 104 Å². The number of fused-ring (bicyclic) bond motifs is 3. The second-order valence-electron chi connectivity index (χ2n) is 3.97. The molecule has 0 bridgehead atoms. The summed E-state index contributed by atoms with van der Waals surface area (Å²) in [5.41, 5.74) is 6.81. The van der Waals surface area contributed by atoms with Crippen LogP contribution < -0.4 is 5.43 Å². The lowest BCUT2D eigenvalue weighted by atomic mass is 10.1. The van der Waals surface area contributed by atoms with Gasteiger partial charge in [-0.15, -0.1) is 0 Å². The highest BCUT2D eigenvalue weighted by molar-refractivity contribution is 6.24. The summed E-state index contributed by atoms with van der Waals surface area (Å²) in [5.74, 6) is 0. The Balaban J connectivity index is 2.21. The van der Waals surface area contributed by atoms with Crippen LogP contribution >= 0.6 is 0 Å². The van der Waals surface area contributed by atoms with Gasteiger partial charge in [-0.1, -0.05) is 48.5 Å². The van der Waals surface area contributed by atoms with Gasteiger partial charge in [-0.05, 0) is 11.1 Å². The number of carbonyl (C=O) groups is 1. The van der Waals surface area contributed by atoms with Crippen molar-refractivity contribution in [2.75, 3.05) is 0 Å². The van der Waals surface area contributed by atoms with Gasteiger partial charge in [-0.2, -0.15) is 5.10 Å². The molecule has 2 aromatic rings. The Morgan fingerprint density at radius 1 is 0.889 bits per heavy atom. The summed E-state index contributed by atoms with van der Waals surface area (Å²) in [7, 11) is 0. The Kier molecular flexibility index (Phi) is 2.34. The molecule has 18 heavy (non-hydrogen) atoms. The van der Waals surface area contributed by atoms with Gasteiger partial charge in [0.1, 0.15) is 0 Å². The van der Waals surface area contributed by atoms with Crippen LogP contribution in [0.2, 0.25) is 0 Å². The molecule has 3 rings (SSSR count). The molecule has 0 heterocycles. The van der Waals surface area contributed by atoms with Crippen LogP contribution in [0.3, 0.4) is 0 Å². The molecule has 88 valence electrons. The minimum Gasteiger partial charge on any atom is -0.464 e. The fourth-order valence-electron chi connectivity index (χ4n) is 2.22. The first-order valence-corrected chi connectivity index (χ1v) is 5.53. The molecule has 1 amide bonds. The molecule has 1 aliphatic carbocycles. The van der Waals surface area contributed by atoms with Crippen LogP contribution in [0.4, 0.5) is 4.79 Å². The SMILES string of the molecule is O=C(O)NN=C1c2ccccc2-c2ccccc21. The van der Waals surface area contributed by atoms with Gasteiger partial charge in [0, 0.05) is 11.1 Å². The number of nitrogens with zero attached hydrogens (tertiary/aromatic N) is 1. The van der Waals surface area contributed by atoms with Gasteiger partial charge in [0.2, 0.25) is 0 Å². The molecule has 0 radical (unpaired) electrons. The minimum absolute atomic E-state index is 0.670. The lowest BCUT2D eigenvalue weighted by molar-refractivity contribution is 0.195. The third-order valence-electron chi connectivity index (χ3n) is 2.92. The molecule has 0 aliphatic heterocycles. The fourth-order valence-corrected chi connectivity index (χ4v) is 2.22. The summed E-state index contributed by atoms with van der Waals surface area (Å²) in [6, 6.07) is 15.7. The molecule has 0 fully saturated rings. The Hall–Kier alpha value is -2.62. The molecule has 0 atom stereocenters. The van der Waals surface area contributed by atoms with E-state index in [1.807, 2.05) is 48.5 Å². The smallest absolute Gasteiger partial charge is 0.425 e. The first-order valence-electron chi connectivity index (χ1n) is 5.53. The van der Waals surface area contributed by atoms with Gasteiger partial charge in [-0.25, -0.2) is 10.2 Å². The lowest BCUT2D eigenvalue weighted by Gasteiger charge is -2.00. The maximum absolute atomic E-state index is 10.6. The number of benzene rings is 2. The quantitative estimate of drug-likeness (QED) is 0.640. The summed E-state index contributed by atoms with van der Waals surface area (Å²) >= 11 is 0. The van der Waals surface area contributed by atoms with Crippen molar-refractivity contribution in [2.45, 2.75) is 0 Å². The fraction of sp³-hybridized carbons (Fsp3) is 0. The van der Waals surface area contributed by atoms with Crippen LogP contribution in [0, 0.1) is 0 Å². The zero-order valence-electron chi connectivity index (χ0n) is 9.42. The Bertz CT molecular complexity index is 615. The molecular weight excluding hydrogens is 228 g/mol. The van der Waals surface area contributed by atoms with E-state index in [0.717, 1.165) is 22.3 Å². The molecule has 2 aromatic carbocycles. The molecule has 0 spiro atoms. The summed E-state index contributed by atoms with van der Waals surface area (Å²) in [6.07, 6.45) is -1.16. The second-order valence-corrected chi connectivity index (χ2v) is 3.97. The summed E-state index contributed by atoms with van der Waals surface area (Å²) in [6.45, 7) is 0.